The van der Waals surface area contributed by atoms with Gasteiger partial charge in [0.1, 0.15) is 0 Å². The lowest BCUT2D eigenvalue weighted by Crippen LogP contribution is -2.19. The van der Waals surface area contributed by atoms with Gasteiger partial charge in [-0.25, -0.2) is 0 Å². The number of benzene rings is 1. The van der Waals surface area contributed by atoms with Crippen molar-refractivity contribution in [2.24, 2.45) is 0 Å². The normalized spacial score (nSPS) is 11.8. The van der Waals surface area contributed by atoms with Crippen LogP contribution in [0.25, 0.3) is 0 Å². The molecule has 0 amide bonds. The highest BCUT2D eigenvalue weighted by Gasteiger charge is 2.16. The van der Waals surface area contributed by atoms with Gasteiger partial charge in [-0.3, -0.25) is 15.4 Å². The van der Waals surface area contributed by atoms with Crippen LogP contribution in [0.5, 0.6) is 0 Å². The fraction of sp³-hybridized carbons (Fsp3) is 0.333. The quantitative estimate of drug-likeness (QED) is 0.479. The van der Waals surface area contributed by atoms with Crippen molar-refractivity contribution in [3.05, 3.63) is 39.4 Å². The summed E-state index contributed by atoms with van der Waals surface area (Å²) < 4.78 is 0. The average molecular weight is 218 g/mol. The maximum Gasteiger partial charge on any atom is 0.272 e. The molecule has 0 bridgehead atoms. The Labute approximate surface area is 94.8 Å². The number of nitrogens with one attached hydrogen (secondary N) is 1. The van der Waals surface area contributed by atoms with Crippen molar-refractivity contribution in [2.75, 3.05) is 6.54 Å². The summed E-state index contributed by atoms with van der Waals surface area (Å²) >= 11 is 0. The van der Waals surface area contributed by atoms with Gasteiger partial charge in [-0.1, -0.05) is 18.1 Å². The van der Waals surface area contributed by atoms with E-state index < -0.39 is 0 Å². The molecule has 0 heterocycles. The van der Waals surface area contributed by atoms with Crippen molar-refractivity contribution in [3.8, 4) is 12.3 Å². The Morgan fingerprint density at radius 3 is 2.88 bits per heavy atom. The number of hydrogen-bond acceptors (Lipinski definition) is 3. The first-order valence-corrected chi connectivity index (χ1v) is 4.98. The van der Waals surface area contributed by atoms with Crippen molar-refractivity contribution < 1.29 is 4.92 Å². The molecule has 1 aromatic rings. The lowest BCUT2D eigenvalue weighted by Gasteiger charge is -2.14. The topological polar surface area (TPSA) is 55.2 Å². The van der Waals surface area contributed by atoms with Crippen LogP contribution < -0.4 is 5.32 Å². The van der Waals surface area contributed by atoms with E-state index in [2.05, 4.69) is 11.2 Å². The summed E-state index contributed by atoms with van der Waals surface area (Å²) in [5, 5.41) is 13.9. The molecule has 0 aliphatic rings. The number of nitro benzene ring substituents is 1. The molecular formula is C12H14N2O2. The standard InChI is InChI=1S/C12H14N2O2/c1-4-8-13-10(3)11-6-5-7-12(9(11)2)14(15)16/h1,5-7,10,13H,8H2,2-3H3. The van der Waals surface area contributed by atoms with E-state index in [1.807, 2.05) is 13.0 Å². The lowest BCUT2D eigenvalue weighted by molar-refractivity contribution is -0.385. The third-order valence-corrected chi connectivity index (χ3v) is 2.52. The van der Waals surface area contributed by atoms with Crippen molar-refractivity contribution >= 4 is 5.69 Å². The number of rotatable bonds is 4. The maximum absolute atomic E-state index is 10.8. The predicted octanol–water partition coefficient (Wildman–Crippen LogP) is 2.19. The van der Waals surface area contributed by atoms with Gasteiger partial charge in [0.2, 0.25) is 0 Å². The molecule has 0 spiro atoms. The molecule has 0 radical (unpaired) electrons. The van der Waals surface area contributed by atoms with Crippen LogP contribution in [0.2, 0.25) is 0 Å². The molecule has 1 rings (SSSR count). The lowest BCUT2D eigenvalue weighted by atomic mass is 10.0. The molecule has 1 unspecified atom stereocenters. The van der Waals surface area contributed by atoms with E-state index in [-0.39, 0.29) is 16.7 Å². The zero-order chi connectivity index (χ0) is 12.1. The highest BCUT2D eigenvalue weighted by Crippen LogP contribution is 2.25. The second kappa shape index (κ2) is 5.29. The van der Waals surface area contributed by atoms with Gasteiger partial charge in [0, 0.05) is 17.7 Å². The molecule has 0 aromatic heterocycles. The van der Waals surface area contributed by atoms with Gasteiger partial charge in [0.25, 0.3) is 5.69 Å². The Morgan fingerprint density at radius 2 is 2.31 bits per heavy atom. The summed E-state index contributed by atoms with van der Waals surface area (Å²) in [5.41, 5.74) is 1.74. The van der Waals surface area contributed by atoms with Crippen molar-refractivity contribution in [2.45, 2.75) is 19.9 Å². The first-order valence-electron chi connectivity index (χ1n) is 4.98. The van der Waals surface area contributed by atoms with Gasteiger partial charge in [-0.2, -0.15) is 0 Å². The van der Waals surface area contributed by atoms with Gasteiger partial charge < -0.3 is 0 Å². The van der Waals surface area contributed by atoms with Gasteiger partial charge >= 0.3 is 0 Å². The summed E-state index contributed by atoms with van der Waals surface area (Å²) in [6.45, 7) is 4.13. The molecule has 1 atom stereocenters. The monoisotopic (exact) mass is 218 g/mol. The van der Waals surface area contributed by atoms with Crippen LogP contribution in [-0.4, -0.2) is 11.5 Å². The molecule has 1 aromatic carbocycles. The molecule has 16 heavy (non-hydrogen) atoms. The second-order valence-corrected chi connectivity index (χ2v) is 3.56. The predicted molar refractivity (Wildman–Crippen MR) is 63.1 cm³/mol. The van der Waals surface area contributed by atoms with Crippen molar-refractivity contribution in [3.63, 3.8) is 0 Å². The van der Waals surface area contributed by atoms with E-state index in [4.69, 9.17) is 6.42 Å². The highest BCUT2D eigenvalue weighted by molar-refractivity contribution is 5.45. The number of nitro groups is 1. The van der Waals surface area contributed by atoms with Crippen LogP contribution in [0.4, 0.5) is 5.69 Å². The second-order valence-electron chi connectivity index (χ2n) is 3.56. The third-order valence-electron chi connectivity index (χ3n) is 2.52. The van der Waals surface area contributed by atoms with Crippen LogP contribution >= 0.6 is 0 Å². The Kier molecular flexibility index (Phi) is 4.03. The molecule has 1 N–H and O–H groups in total. The summed E-state index contributed by atoms with van der Waals surface area (Å²) in [5.74, 6) is 2.48. The molecule has 0 aliphatic carbocycles. The average Bonchev–Trinajstić information content (AvgIpc) is 2.25. The van der Waals surface area contributed by atoms with E-state index in [1.165, 1.54) is 6.07 Å². The van der Waals surface area contributed by atoms with Gasteiger partial charge in [-0.05, 0) is 19.4 Å². The van der Waals surface area contributed by atoms with E-state index in [0.29, 0.717) is 12.1 Å². The van der Waals surface area contributed by atoms with Crippen molar-refractivity contribution in [1.29, 1.82) is 0 Å². The molecule has 4 heteroatoms. The van der Waals surface area contributed by atoms with Gasteiger partial charge in [0.15, 0.2) is 0 Å². The molecule has 0 aliphatic heterocycles. The SMILES string of the molecule is C#CCNC(C)c1cccc([N+](=O)[O-])c1C. The first-order chi connectivity index (χ1) is 7.57. The molecule has 84 valence electrons. The minimum Gasteiger partial charge on any atom is -0.300 e. The van der Waals surface area contributed by atoms with Crippen LogP contribution in [0.3, 0.4) is 0 Å². The molecule has 0 saturated heterocycles. The van der Waals surface area contributed by atoms with Crippen molar-refractivity contribution in [1.82, 2.24) is 5.32 Å². The fourth-order valence-electron chi connectivity index (χ4n) is 1.63. The Hall–Kier alpha value is -1.86. The van der Waals surface area contributed by atoms with E-state index in [9.17, 15) is 10.1 Å². The molecule has 4 nitrogen and oxygen atoms in total. The van der Waals surface area contributed by atoms with Crippen LogP contribution in [0.1, 0.15) is 24.1 Å². The first kappa shape index (κ1) is 12.2. The van der Waals surface area contributed by atoms with Crippen LogP contribution in [0.15, 0.2) is 18.2 Å². The zero-order valence-electron chi connectivity index (χ0n) is 9.36. The molecular weight excluding hydrogens is 204 g/mol. The number of hydrogen-bond donors (Lipinski definition) is 1. The Bertz CT molecular complexity index is 435. The van der Waals surface area contributed by atoms with Gasteiger partial charge in [-0.15, -0.1) is 6.42 Å². The molecule has 0 fully saturated rings. The van der Waals surface area contributed by atoms with E-state index >= 15 is 0 Å². The fourth-order valence-corrected chi connectivity index (χ4v) is 1.63. The summed E-state index contributed by atoms with van der Waals surface area (Å²) in [4.78, 5) is 10.4. The largest absolute Gasteiger partial charge is 0.300 e. The summed E-state index contributed by atoms with van der Waals surface area (Å²) in [7, 11) is 0. The number of terminal acetylenes is 1. The molecule has 0 saturated carbocycles. The summed E-state index contributed by atoms with van der Waals surface area (Å²) in [6, 6.07) is 5.08. The maximum atomic E-state index is 10.8. The zero-order valence-corrected chi connectivity index (χ0v) is 9.36. The highest BCUT2D eigenvalue weighted by atomic mass is 16.6. The minimum absolute atomic E-state index is 0.0101. The third kappa shape index (κ3) is 2.59. The van der Waals surface area contributed by atoms with E-state index in [0.717, 1.165) is 5.56 Å². The van der Waals surface area contributed by atoms with Gasteiger partial charge in [0.05, 0.1) is 11.5 Å². The summed E-state index contributed by atoms with van der Waals surface area (Å²) in [6.07, 6.45) is 5.15. The van der Waals surface area contributed by atoms with Crippen LogP contribution in [-0.2, 0) is 0 Å². The van der Waals surface area contributed by atoms with Crippen LogP contribution in [0, 0.1) is 29.4 Å². The minimum atomic E-state index is -0.368. The Morgan fingerprint density at radius 1 is 1.62 bits per heavy atom. The Balaban J connectivity index is 3.01. The number of nitrogens with zero attached hydrogens (tertiary/aromatic N) is 1. The van der Waals surface area contributed by atoms with E-state index in [1.54, 1.807) is 13.0 Å². The smallest absolute Gasteiger partial charge is 0.272 e.